The van der Waals surface area contributed by atoms with Gasteiger partial charge >= 0.3 is 12.1 Å². The molecule has 7 nitrogen and oxygen atoms in total. The van der Waals surface area contributed by atoms with E-state index in [2.05, 4.69) is 9.82 Å². The van der Waals surface area contributed by atoms with E-state index >= 15 is 0 Å². The molecular formula is C14H14F3N3O4S. The maximum atomic E-state index is 12.4. The van der Waals surface area contributed by atoms with Crippen LogP contribution in [0.15, 0.2) is 29.2 Å². The Hall–Kier alpha value is -2.56. The fourth-order valence-corrected chi connectivity index (χ4v) is 3.20. The van der Waals surface area contributed by atoms with Crippen molar-refractivity contribution in [1.29, 1.82) is 0 Å². The summed E-state index contributed by atoms with van der Waals surface area (Å²) < 4.78 is 64.6. The first-order valence-electron chi connectivity index (χ1n) is 6.87. The minimum Gasteiger partial charge on any atom is -0.478 e. The molecule has 11 heteroatoms. The molecule has 0 saturated carbocycles. The van der Waals surface area contributed by atoms with Crippen molar-refractivity contribution in [2.45, 2.75) is 31.5 Å². The van der Waals surface area contributed by atoms with Gasteiger partial charge in [0.1, 0.15) is 6.54 Å². The van der Waals surface area contributed by atoms with Crippen molar-refractivity contribution in [2.24, 2.45) is 0 Å². The molecule has 2 rings (SSSR count). The first-order valence-corrected chi connectivity index (χ1v) is 8.35. The number of sulfonamides is 1. The molecule has 25 heavy (non-hydrogen) atoms. The molecule has 0 aliphatic carbocycles. The molecule has 2 aromatic rings. The minimum absolute atomic E-state index is 0.0516. The van der Waals surface area contributed by atoms with Gasteiger partial charge < -0.3 is 5.11 Å². The van der Waals surface area contributed by atoms with E-state index in [1.165, 1.54) is 19.9 Å². The van der Waals surface area contributed by atoms with Crippen LogP contribution in [0.1, 0.15) is 21.6 Å². The van der Waals surface area contributed by atoms with Gasteiger partial charge in [0.05, 0.1) is 10.5 Å². The van der Waals surface area contributed by atoms with E-state index in [1.54, 1.807) is 0 Å². The summed E-state index contributed by atoms with van der Waals surface area (Å²) in [7, 11) is -4.13. The van der Waals surface area contributed by atoms with Crippen LogP contribution in [0.5, 0.6) is 0 Å². The topological polar surface area (TPSA) is 101 Å². The van der Waals surface area contributed by atoms with Gasteiger partial charge in [-0.2, -0.15) is 18.3 Å². The Bertz CT molecular complexity index is 920. The average molecular weight is 377 g/mol. The van der Waals surface area contributed by atoms with E-state index in [0.717, 1.165) is 18.2 Å². The molecule has 0 amide bonds. The summed E-state index contributed by atoms with van der Waals surface area (Å²) >= 11 is 0. The first-order chi connectivity index (χ1) is 11.4. The number of carbonyl (C=O) groups is 1. The molecule has 2 N–H and O–H groups in total. The lowest BCUT2D eigenvalue weighted by Crippen LogP contribution is -2.20. The molecule has 1 heterocycles. The summed E-state index contributed by atoms with van der Waals surface area (Å²) in [5.74, 6) is -1.46. The molecule has 0 fully saturated rings. The number of hydrogen-bond acceptors (Lipinski definition) is 4. The molecule has 0 bridgehead atoms. The number of rotatable bonds is 5. The van der Waals surface area contributed by atoms with Gasteiger partial charge in [0.15, 0.2) is 5.82 Å². The third kappa shape index (κ3) is 4.50. The molecule has 136 valence electrons. The average Bonchev–Trinajstić information content (AvgIpc) is 2.75. The number of carboxylic acids is 1. The molecule has 0 aliphatic rings. The predicted molar refractivity (Wildman–Crippen MR) is 82.0 cm³/mol. The van der Waals surface area contributed by atoms with Gasteiger partial charge in [0.2, 0.25) is 0 Å². The standard InChI is InChI=1S/C14H14F3N3O4S/c1-8-5-10(3-4-11(8)13(21)22)25(23,24)19-12-6-9(2)20(18-12)7-14(15,16)17/h3-6H,7H2,1-2H3,(H,18,19)(H,21,22). The lowest BCUT2D eigenvalue weighted by atomic mass is 10.1. The smallest absolute Gasteiger partial charge is 0.408 e. The number of anilines is 1. The number of benzene rings is 1. The molecule has 0 saturated heterocycles. The van der Waals surface area contributed by atoms with Gasteiger partial charge in [0.25, 0.3) is 10.0 Å². The van der Waals surface area contributed by atoms with Crippen molar-refractivity contribution in [1.82, 2.24) is 9.78 Å². The normalized spacial score (nSPS) is 12.2. The van der Waals surface area contributed by atoms with Crippen molar-refractivity contribution < 1.29 is 31.5 Å². The van der Waals surface area contributed by atoms with Gasteiger partial charge in [-0.15, -0.1) is 0 Å². The van der Waals surface area contributed by atoms with Gasteiger partial charge in [-0.3, -0.25) is 9.40 Å². The summed E-state index contributed by atoms with van der Waals surface area (Å²) in [6.45, 7) is 1.46. The highest BCUT2D eigenvalue weighted by Gasteiger charge is 2.29. The van der Waals surface area contributed by atoms with Gasteiger partial charge in [-0.1, -0.05) is 0 Å². The summed E-state index contributed by atoms with van der Waals surface area (Å²) in [5.41, 5.74) is 0.311. The molecule has 0 unspecified atom stereocenters. The van der Waals surface area contributed by atoms with Crippen molar-refractivity contribution in [3.05, 3.63) is 41.1 Å². The van der Waals surface area contributed by atoms with Crippen LogP contribution in [0, 0.1) is 13.8 Å². The second-order valence-electron chi connectivity index (χ2n) is 5.33. The van der Waals surface area contributed by atoms with E-state index in [4.69, 9.17) is 5.11 Å². The SMILES string of the molecule is Cc1cc(S(=O)(=O)Nc2cc(C)n(CC(F)(F)F)n2)ccc1C(=O)O. The van der Waals surface area contributed by atoms with Crippen LogP contribution in [0.3, 0.4) is 0 Å². The third-order valence-electron chi connectivity index (χ3n) is 3.29. The Kier molecular flexibility index (Phi) is 4.80. The first kappa shape index (κ1) is 18.8. The lowest BCUT2D eigenvalue weighted by molar-refractivity contribution is -0.142. The van der Waals surface area contributed by atoms with Crippen LogP contribution in [-0.4, -0.2) is 35.5 Å². The Labute approximate surface area is 141 Å². The Morgan fingerprint density at radius 1 is 1.28 bits per heavy atom. The summed E-state index contributed by atoms with van der Waals surface area (Å²) in [6.07, 6.45) is -4.49. The maximum absolute atomic E-state index is 12.4. The minimum atomic E-state index is -4.49. The number of nitrogens with zero attached hydrogens (tertiary/aromatic N) is 2. The van der Waals surface area contributed by atoms with Crippen LogP contribution < -0.4 is 4.72 Å². The number of aromatic nitrogens is 2. The summed E-state index contributed by atoms with van der Waals surface area (Å²) in [5, 5.41) is 12.5. The van der Waals surface area contributed by atoms with E-state index in [9.17, 15) is 26.4 Å². The highest BCUT2D eigenvalue weighted by Crippen LogP contribution is 2.22. The molecule has 0 radical (unpaired) electrons. The van der Waals surface area contributed by atoms with E-state index < -0.39 is 28.7 Å². The van der Waals surface area contributed by atoms with Crippen LogP contribution in [0.4, 0.5) is 19.0 Å². The second-order valence-corrected chi connectivity index (χ2v) is 7.01. The number of carboxylic acid groups (broad SMARTS) is 1. The molecule has 1 aromatic carbocycles. The molecule has 0 spiro atoms. The van der Waals surface area contributed by atoms with E-state index in [-0.39, 0.29) is 27.5 Å². The number of halogens is 3. The zero-order valence-electron chi connectivity index (χ0n) is 13.1. The van der Waals surface area contributed by atoms with Crippen molar-refractivity contribution in [2.75, 3.05) is 4.72 Å². The van der Waals surface area contributed by atoms with E-state index in [0.29, 0.717) is 4.68 Å². The Morgan fingerprint density at radius 3 is 2.44 bits per heavy atom. The summed E-state index contributed by atoms with van der Waals surface area (Å²) in [6, 6.07) is 4.56. The second kappa shape index (κ2) is 6.39. The maximum Gasteiger partial charge on any atom is 0.408 e. The fourth-order valence-electron chi connectivity index (χ4n) is 2.13. The Balaban J connectivity index is 2.29. The monoisotopic (exact) mass is 377 g/mol. The molecule has 1 aromatic heterocycles. The molecular weight excluding hydrogens is 363 g/mol. The molecule has 0 aliphatic heterocycles. The largest absolute Gasteiger partial charge is 0.478 e. The van der Waals surface area contributed by atoms with Crippen LogP contribution in [-0.2, 0) is 16.6 Å². The Morgan fingerprint density at radius 2 is 1.92 bits per heavy atom. The third-order valence-corrected chi connectivity index (χ3v) is 4.64. The summed E-state index contributed by atoms with van der Waals surface area (Å²) in [4.78, 5) is 10.7. The number of hydrogen-bond donors (Lipinski definition) is 2. The van der Waals surface area contributed by atoms with Gasteiger partial charge in [-0.25, -0.2) is 13.2 Å². The predicted octanol–water partition coefficient (Wildman–Crippen LogP) is 2.56. The number of alkyl halides is 3. The lowest BCUT2D eigenvalue weighted by Gasteiger charge is -2.09. The highest BCUT2D eigenvalue weighted by atomic mass is 32.2. The van der Waals surface area contributed by atoms with Crippen LogP contribution >= 0.6 is 0 Å². The van der Waals surface area contributed by atoms with Crippen LogP contribution in [0.2, 0.25) is 0 Å². The van der Waals surface area contributed by atoms with Crippen LogP contribution in [0.25, 0.3) is 0 Å². The van der Waals surface area contributed by atoms with E-state index in [1.807, 2.05) is 0 Å². The zero-order chi connectivity index (χ0) is 19.0. The van der Waals surface area contributed by atoms with Gasteiger partial charge in [0, 0.05) is 11.8 Å². The highest BCUT2D eigenvalue weighted by molar-refractivity contribution is 7.92. The van der Waals surface area contributed by atoms with Crippen molar-refractivity contribution in [3.8, 4) is 0 Å². The quantitative estimate of drug-likeness (QED) is 0.834. The number of nitrogens with one attached hydrogen (secondary N) is 1. The van der Waals surface area contributed by atoms with Crippen molar-refractivity contribution >= 4 is 21.8 Å². The fraction of sp³-hybridized carbons (Fsp3) is 0.286. The number of aryl methyl sites for hydroxylation is 2. The zero-order valence-corrected chi connectivity index (χ0v) is 13.9. The molecule has 0 atom stereocenters. The van der Waals surface area contributed by atoms with Gasteiger partial charge in [-0.05, 0) is 37.6 Å². The van der Waals surface area contributed by atoms with Crippen molar-refractivity contribution in [3.63, 3.8) is 0 Å². The number of aromatic carboxylic acids is 1.